The second-order valence-corrected chi connectivity index (χ2v) is 2.21. The summed E-state index contributed by atoms with van der Waals surface area (Å²) in [5.74, 6) is -1.22. The first kappa shape index (κ1) is 8.41. The third kappa shape index (κ3) is 1.48. The quantitative estimate of drug-likeness (QED) is 0.586. The van der Waals surface area contributed by atoms with Crippen LogP contribution in [0.4, 0.5) is 8.78 Å². The van der Waals surface area contributed by atoms with Crippen molar-refractivity contribution in [3.05, 3.63) is 42.0 Å². The molecule has 0 amide bonds. The van der Waals surface area contributed by atoms with E-state index in [9.17, 15) is 8.78 Å². The van der Waals surface area contributed by atoms with E-state index in [1.807, 2.05) is 0 Å². The molecule has 0 saturated carbocycles. The Morgan fingerprint density at radius 2 is 2.08 bits per heavy atom. The maximum Gasteiger partial charge on any atom is 0.131 e. The lowest BCUT2D eigenvalue weighted by atomic mass is 10.1. The van der Waals surface area contributed by atoms with E-state index < -0.39 is 11.6 Å². The minimum Gasteiger partial charge on any atom is -0.207 e. The Kier molecular flexibility index (Phi) is 2.20. The molecule has 0 saturated heterocycles. The van der Waals surface area contributed by atoms with Gasteiger partial charge in [0.05, 0.1) is 11.6 Å². The van der Waals surface area contributed by atoms with Gasteiger partial charge in [-0.15, -0.1) is 0 Å². The molecule has 0 atom stereocenters. The van der Waals surface area contributed by atoms with Gasteiger partial charge in [-0.3, -0.25) is 0 Å². The van der Waals surface area contributed by atoms with E-state index in [4.69, 9.17) is 5.26 Å². The Bertz CT molecular complexity index is 363. The van der Waals surface area contributed by atoms with Crippen LogP contribution in [0.3, 0.4) is 0 Å². The van der Waals surface area contributed by atoms with Crippen molar-refractivity contribution >= 4 is 5.57 Å². The summed E-state index contributed by atoms with van der Waals surface area (Å²) in [6.07, 6.45) is 0. The first-order valence-electron chi connectivity index (χ1n) is 3.19. The monoisotopic (exact) mass is 165 g/mol. The van der Waals surface area contributed by atoms with Crippen LogP contribution in [0, 0.1) is 23.0 Å². The van der Waals surface area contributed by atoms with Crippen molar-refractivity contribution in [1.29, 1.82) is 5.26 Å². The molecule has 0 heterocycles. The zero-order valence-electron chi connectivity index (χ0n) is 6.14. The summed E-state index contributed by atoms with van der Waals surface area (Å²) in [7, 11) is 0. The normalized spacial score (nSPS) is 9.08. The van der Waals surface area contributed by atoms with Crippen LogP contribution < -0.4 is 0 Å². The number of nitrogens with zero attached hydrogens (tertiary/aromatic N) is 1. The molecule has 1 nitrogen and oxygen atoms in total. The molecule has 1 rings (SSSR count). The van der Waals surface area contributed by atoms with Gasteiger partial charge in [0.2, 0.25) is 0 Å². The molecule has 3 heteroatoms. The van der Waals surface area contributed by atoms with Gasteiger partial charge in [-0.1, -0.05) is 6.58 Å². The predicted molar refractivity (Wildman–Crippen MR) is 41.0 cm³/mol. The van der Waals surface area contributed by atoms with Crippen molar-refractivity contribution in [2.24, 2.45) is 0 Å². The van der Waals surface area contributed by atoms with Gasteiger partial charge in [-0.05, 0) is 18.2 Å². The standard InChI is InChI=1S/C9H5F2N/c1-6(5-12)8-4-7(10)2-3-9(8)11/h2-4H,1H2. The predicted octanol–water partition coefficient (Wildman–Crippen LogP) is 2.50. The van der Waals surface area contributed by atoms with Crippen LogP contribution in [0.15, 0.2) is 24.8 Å². The van der Waals surface area contributed by atoms with Gasteiger partial charge in [0, 0.05) is 5.56 Å². The van der Waals surface area contributed by atoms with Gasteiger partial charge in [-0.25, -0.2) is 8.78 Å². The van der Waals surface area contributed by atoms with Crippen LogP contribution in [0.25, 0.3) is 5.57 Å². The molecule has 0 bridgehead atoms. The molecule has 0 unspecified atom stereocenters. The Morgan fingerprint density at radius 3 is 2.67 bits per heavy atom. The minimum atomic E-state index is -0.636. The zero-order valence-corrected chi connectivity index (χ0v) is 6.14. The van der Waals surface area contributed by atoms with Gasteiger partial charge in [-0.2, -0.15) is 5.26 Å². The summed E-state index contributed by atoms with van der Waals surface area (Å²) in [6.45, 7) is 3.28. The highest BCUT2D eigenvalue weighted by Crippen LogP contribution is 2.16. The van der Waals surface area contributed by atoms with Crippen molar-refractivity contribution in [1.82, 2.24) is 0 Å². The van der Waals surface area contributed by atoms with Crippen molar-refractivity contribution < 1.29 is 8.78 Å². The number of halogens is 2. The van der Waals surface area contributed by atoms with Crippen LogP contribution in [-0.2, 0) is 0 Å². The molecule has 0 N–H and O–H groups in total. The van der Waals surface area contributed by atoms with E-state index >= 15 is 0 Å². The Hall–Kier alpha value is -1.69. The minimum absolute atomic E-state index is 0.0769. The molecule has 0 radical (unpaired) electrons. The molecule has 0 aliphatic carbocycles. The summed E-state index contributed by atoms with van der Waals surface area (Å²) >= 11 is 0. The van der Waals surface area contributed by atoms with Gasteiger partial charge < -0.3 is 0 Å². The second-order valence-electron chi connectivity index (χ2n) is 2.21. The van der Waals surface area contributed by atoms with E-state index in [1.165, 1.54) is 0 Å². The molecule has 0 aromatic heterocycles. The van der Waals surface area contributed by atoms with Crippen LogP contribution in [-0.4, -0.2) is 0 Å². The lowest BCUT2D eigenvalue weighted by molar-refractivity contribution is 0.597. The van der Waals surface area contributed by atoms with Crippen molar-refractivity contribution in [2.75, 3.05) is 0 Å². The number of rotatable bonds is 1. The number of hydrogen-bond donors (Lipinski definition) is 0. The maximum atomic E-state index is 12.8. The topological polar surface area (TPSA) is 23.8 Å². The van der Waals surface area contributed by atoms with Gasteiger partial charge in [0.1, 0.15) is 11.6 Å². The van der Waals surface area contributed by atoms with Gasteiger partial charge in [0.25, 0.3) is 0 Å². The molecule has 0 spiro atoms. The molecule has 1 aromatic rings. The number of nitriles is 1. The maximum absolute atomic E-state index is 12.8. The van der Waals surface area contributed by atoms with Gasteiger partial charge >= 0.3 is 0 Å². The molecular formula is C9H5F2N. The summed E-state index contributed by atoms with van der Waals surface area (Å²) in [6, 6.07) is 4.55. The highest BCUT2D eigenvalue weighted by molar-refractivity contribution is 5.74. The number of benzene rings is 1. The second kappa shape index (κ2) is 3.14. The zero-order chi connectivity index (χ0) is 9.14. The average Bonchev–Trinajstić information content (AvgIpc) is 2.08. The third-order valence-corrected chi connectivity index (χ3v) is 1.39. The van der Waals surface area contributed by atoms with Crippen molar-refractivity contribution in [3.8, 4) is 6.07 Å². The largest absolute Gasteiger partial charge is 0.207 e. The summed E-state index contributed by atoms with van der Waals surface area (Å²) in [5.41, 5.74) is -0.162. The number of hydrogen-bond acceptors (Lipinski definition) is 1. The Labute approximate surface area is 68.6 Å². The fourth-order valence-electron chi connectivity index (χ4n) is 0.789. The van der Waals surface area contributed by atoms with Crippen LogP contribution in [0.1, 0.15) is 5.56 Å². The van der Waals surface area contributed by atoms with E-state index in [0.29, 0.717) is 0 Å². The number of allylic oxidation sites excluding steroid dienone is 1. The summed E-state index contributed by atoms with van der Waals surface area (Å²) in [5, 5.41) is 8.36. The smallest absolute Gasteiger partial charge is 0.131 e. The van der Waals surface area contributed by atoms with E-state index in [0.717, 1.165) is 18.2 Å². The molecule has 60 valence electrons. The molecule has 0 fully saturated rings. The molecule has 1 aromatic carbocycles. The molecule has 0 aliphatic heterocycles. The van der Waals surface area contributed by atoms with Crippen LogP contribution >= 0.6 is 0 Å². The average molecular weight is 165 g/mol. The summed E-state index contributed by atoms with van der Waals surface area (Å²) in [4.78, 5) is 0. The Morgan fingerprint density at radius 1 is 1.42 bits per heavy atom. The lowest BCUT2D eigenvalue weighted by Gasteiger charge is -1.98. The Balaban J connectivity index is 3.25. The van der Waals surface area contributed by atoms with Crippen molar-refractivity contribution in [2.45, 2.75) is 0 Å². The van der Waals surface area contributed by atoms with Crippen LogP contribution in [0.2, 0.25) is 0 Å². The first-order valence-corrected chi connectivity index (χ1v) is 3.19. The lowest BCUT2D eigenvalue weighted by Crippen LogP contribution is -1.88. The summed E-state index contributed by atoms with van der Waals surface area (Å²) < 4.78 is 25.4. The van der Waals surface area contributed by atoms with E-state index in [1.54, 1.807) is 6.07 Å². The highest BCUT2D eigenvalue weighted by Gasteiger charge is 2.05. The molecule has 12 heavy (non-hydrogen) atoms. The molecule has 0 aliphatic rings. The fourth-order valence-corrected chi connectivity index (χ4v) is 0.789. The van der Waals surface area contributed by atoms with Gasteiger partial charge in [0.15, 0.2) is 0 Å². The molecular weight excluding hydrogens is 160 g/mol. The van der Waals surface area contributed by atoms with Crippen molar-refractivity contribution in [3.63, 3.8) is 0 Å². The van der Waals surface area contributed by atoms with Crippen LogP contribution in [0.5, 0.6) is 0 Å². The van der Waals surface area contributed by atoms with E-state index in [-0.39, 0.29) is 11.1 Å². The third-order valence-electron chi connectivity index (χ3n) is 1.39. The highest BCUT2D eigenvalue weighted by atomic mass is 19.1. The van der Waals surface area contributed by atoms with E-state index in [2.05, 4.69) is 6.58 Å². The fraction of sp³-hybridized carbons (Fsp3) is 0. The first-order chi connectivity index (χ1) is 5.65. The SMILES string of the molecule is C=C(C#N)c1cc(F)ccc1F.